The number of rotatable bonds is 7. The van der Waals surface area contributed by atoms with Gasteiger partial charge in [-0.25, -0.2) is 4.98 Å². The maximum absolute atomic E-state index is 12.9. The van der Waals surface area contributed by atoms with E-state index < -0.39 is 11.7 Å². The van der Waals surface area contributed by atoms with Gasteiger partial charge in [-0.15, -0.1) is 0 Å². The van der Waals surface area contributed by atoms with Crippen LogP contribution in [0.4, 0.5) is 18.3 Å². The number of carbonyl (C=O) groups is 1. The average molecular weight is 525 g/mol. The van der Waals surface area contributed by atoms with Crippen molar-refractivity contribution >= 4 is 32.6 Å². The minimum atomic E-state index is -4.41. The van der Waals surface area contributed by atoms with Crippen LogP contribution in [-0.2, 0) is 19.3 Å². The van der Waals surface area contributed by atoms with E-state index in [9.17, 15) is 18.0 Å². The first-order chi connectivity index (χ1) is 17.8. The van der Waals surface area contributed by atoms with E-state index in [1.165, 1.54) is 23.0 Å². The number of thiazole rings is 1. The molecule has 1 saturated heterocycles. The molecule has 37 heavy (non-hydrogen) atoms. The lowest BCUT2D eigenvalue weighted by Gasteiger charge is -2.32. The van der Waals surface area contributed by atoms with Crippen LogP contribution in [0.1, 0.15) is 39.9 Å². The van der Waals surface area contributed by atoms with Crippen molar-refractivity contribution in [2.24, 2.45) is 0 Å². The van der Waals surface area contributed by atoms with Gasteiger partial charge in [0.05, 0.1) is 15.8 Å². The van der Waals surface area contributed by atoms with Crippen molar-refractivity contribution in [1.82, 2.24) is 15.2 Å². The topological polar surface area (TPSA) is 57.3 Å². The van der Waals surface area contributed by atoms with E-state index in [1.54, 1.807) is 24.3 Å². The van der Waals surface area contributed by atoms with Crippen LogP contribution in [0, 0.1) is 0 Å². The fraction of sp³-hybridized carbons (Fsp3) is 0.286. The maximum Gasteiger partial charge on any atom is 0.416 e. The third-order valence-corrected chi connectivity index (χ3v) is 7.47. The second-order valence-corrected chi connectivity index (χ2v) is 10.3. The predicted octanol–water partition coefficient (Wildman–Crippen LogP) is 6.32. The number of fused-ring (bicyclic) bond motifs is 1. The minimum Gasteiger partial charge on any atom is -0.359 e. The first-order valence-corrected chi connectivity index (χ1v) is 13.0. The molecule has 0 radical (unpaired) electrons. The van der Waals surface area contributed by atoms with Crippen LogP contribution in [-0.4, -0.2) is 34.9 Å². The molecule has 1 aromatic heterocycles. The first-order valence-electron chi connectivity index (χ1n) is 12.2. The normalized spacial score (nSPS) is 15.1. The van der Waals surface area contributed by atoms with E-state index in [0.29, 0.717) is 17.2 Å². The lowest BCUT2D eigenvalue weighted by atomic mass is 10.0. The third-order valence-electron chi connectivity index (χ3n) is 6.52. The van der Waals surface area contributed by atoms with Crippen molar-refractivity contribution in [3.8, 4) is 0 Å². The molecule has 4 aromatic rings. The lowest BCUT2D eigenvalue weighted by Crippen LogP contribution is -2.38. The van der Waals surface area contributed by atoms with Crippen LogP contribution in [0.15, 0.2) is 72.8 Å². The molecule has 5 nitrogen and oxygen atoms in total. The molecule has 2 N–H and O–H groups in total. The molecule has 0 bridgehead atoms. The highest BCUT2D eigenvalue weighted by Crippen LogP contribution is 2.30. The molecule has 3 aromatic carbocycles. The van der Waals surface area contributed by atoms with Crippen molar-refractivity contribution in [3.63, 3.8) is 0 Å². The van der Waals surface area contributed by atoms with Gasteiger partial charge in [-0.3, -0.25) is 9.69 Å². The summed E-state index contributed by atoms with van der Waals surface area (Å²) in [6.45, 7) is 3.02. The number of alkyl halides is 3. The van der Waals surface area contributed by atoms with Crippen LogP contribution < -0.4 is 10.6 Å². The first kappa shape index (κ1) is 25.2. The summed E-state index contributed by atoms with van der Waals surface area (Å²) in [4.78, 5) is 19.8. The van der Waals surface area contributed by atoms with Gasteiger partial charge < -0.3 is 10.6 Å². The molecule has 1 aliphatic heterocycles. The number of carbonyl (C=O) groups excluding carboxylic acids is 1. The zero-order valence-electron chi connectivity index (χ0n) is 20.1. The monoisotopic (exact) mass is 524 g/mol. The summed E-state index contributed by atoms with van der Waals surface area (Å²) >= 11 is 1.50. The largest absolute Gasteiger partial charge is 0.416 e. The summed E-state index contributed by atoms with van der Waals surface area (Å²) in [6, 6.07) is 21.1. The zero-order chi connectivity index (χ0) is 25.8. The number of nitrogens with one attached hydrogen (secondary N) is 2. The maximum atomic E-state index is 12.9. The number of hydrogen-bond acceptors (Lipinski definition) is 5. The van der Waals surface area contributed by atoms with E-state index in [-0.39, 0.29) is 12.5 Å². The molecular formula is C28H27F3N4OS. The third kappa shape index (κ3) is 6.47. The van der Waals surface area contributed by atoms with Crippen molar-refractivity contribution < 1.29 is 18.0 Å². The Morgan fingerprint density at radius 2 is 1.73 bits per heavy atom. The van der Waals surface area contributed by atoms with Gasteiger partial charge in [0.1, 0.15) is 0 Å². The molecule has 1 amide bonds. The Morgan fingerprint density at radius 1 is 0.973 bits per heavy atom. The van der Waals surface area contributed by atoms with E-state index >= 15 is 0 Å². The van der Waals surface area contributed by atoms with Gasteiger partial charge >= 0.3 is 6.18 Å². The van der Waals surface area contributed by atoms with Crippen LogP contribution in [0.5, 0.6) is 0 Å². The second kappa shape index (κ2) is 10.9. The molecule has 1 aliphatic rings. The number of likely N-dealkylation sites (tertiary alicyclic amines) is 1. The van der Waals surface area contributed by atoms with Gasteiger partial charge in [0, 0.05) is 37.8 Å². The van der Waals surface area contributed by atoms with Gasteiger partial charge in [0.25, 0.3) is 5.91 Å². The smallest absolute Gasteiger partial charge is 0.359 e. The fourth-order valence-corrected chi connectivity index (χ4v) is 5.50. The number of aromatic nitrogens is 1. The zero-order valence-corrected chi connectivity index (χ0v) is 20.9. The number of anilines is 1. The van der Waals surface area contributed by atoms with E-state index in [1.807, 2.05) is 6.07 Å². The van der Waals surface area contributed by atoms with Gasteiger partial charge in [0.15, 0.2) is 5.13 Å². The molecule has 0 aliphatic carbocycles. The molecule has 2 heterocycles. The summed E-state index contributed by atoms with van der Waals surface area (Å²) in [6.07, 6.45) is -2.35. The number of benzene rings is 3. The fourth-order valence-electron chi connectivity index (χ4n) is 4.52. The average Bonchev–Trinajstić information content (AvgIpc) is 3.30. The minimum absolute atomic E-state index is 0.0132. The van der Waals surface area contributed by atoms with Crippen LogP contribution in [0.2, 0.25) is 0 Å². The Balaban J connectivity index is 1.16. The molecule has 1 fully saturated rings. The van der Waals surface area contributed by atoms with E-state index in [4.69, 9.17) is 0 Å². The summed E-state index contributed by atoms with van der Waals surface area (Å²) < 4.78 is 39.7. The quantitative estimate of drug-likeness (QED) is 0.297. The molecule has 0 unspecified atom stereocenters. The molecule has 192 valence electrons. The second-order valence-electron chi connectivity index (χ2n) is 9.26. The van der Waals surface area contributed by atoms with Crippen LogP contribution in [0.25, 0.3) is 10.2 Å². The van der Waals surface area contributed by atoms with Crippen molar-refractivity contribution in [2.75, 3.05) is 18.4 Å². The molecule has 5 rings (SSSR count). The number of hydrogen-bond donors (Lipinski definition) is 2. The van der Waals surface area contributed by atoms with Crippen molar-refractivity contribution in [1.29, 1.82) is 0 Å². The summed E-state index contributed by atoms with van der Waals surface area (Å²) in [5.74, 6) is -0.340. The molecule has 0 saturated carbocycles. The Kier molecular flexibility index (Phi) is 7.43. The summed E-state index contributed by atoms with van der Waals surface area (Å²) in [5, 5.41) is 7.10. The number of halogens is 3. The van der Waals surface area contributed by atoms with Gasteiger partial charge in [-0.2, -0.15) is 13.2 Å². The number of amides is 1. The van der Waals surface area contributed by atoms with Gasteiger partial charge in [-0.05, 0) is 54.3 Å². The van der Waals surface area contributed by atoms with E-state index in [2.05, 4.69) is 44.8 Å². The molecule has 0 spiro atoms. The Bertz CT molecular complexity index is 1360. The highest BCUT2D eigenvalue weighted by Gasteiger charge is 2.30. The standard InChI is InChI=1S/C28H27F3N4OS/c29-28(30,31)22-8-4-7-20(15-22)17-32-26(36)21-9-10-24-25(16-21)37-27(34-24)33-23-11-13-35(14-12-23)18-19-5-2-1-3-6-19/h1-10,15-16,23H,11-14,17-18H2,(H,32,36)(H,33,34). The highest BCUT2D eigenvalue weighted by molar-refractivity contribution is 7.22. The molecule has 0 atom stereocenters. The van der Waals surface area contributed by atoms with E-state index in [0.717, 1.165) is 60.0 Å². The number of nitrogens with zero attached hydrogens (tertiary/aromatic N) is 2. The Labute approximate surface area is 217 Å². The van der Waals surface area contributed by atoms with Crippen LogP contribution in [0.3, 0.4) is 0 Å². The Morgan fingerprint density at radius 3 is 2.49 bits per heavy atom. The van der Waals surface area contributed by atoms with Crippen LogP contribution >= 0.6 is 11.3 Å². The van der Waals surface area contributed by atoms with Gasteiger partial charge in [-0.1, -0.05) is 53.8 Å². The lowest BCUT2D eigenvalue weighted by molar-refractivity contribution is -0.137. The molecule has 9 heteroatoms. The Hall–Kier alpha value is -3.43. The SMILES string of the molecule is O=C(NCc1cccc(C(F)(F)F)c1)c1ccc2nc(NC3CCN(Cc4ccccc4)CC3)sc2c1. The molecular weight excluding hydrogens is 497 g/mol. The number of piperidine rings is 1. The van der Waals surface area contributed by atoms with Gasteiger partial charge in [0.2, 0.25) is 0 Å². The highest BCUT2D eigenvalue weighted by atomic mass is 32.1. The van der Waals surface area contributed by atoms with Crippen molar-refractivity contribution in [2.45, 2.75) is 38.1 Å². The summed E-state index contributed by atoms with van der Waals surface area (Å²) in [5.41, 5.74) is 2.25. The predicted molar refractivity (Wildman–Crippen MR) is 141 cm³/mol. The summed E-state index contributed by atoms with van der Waals surface area (Å²) in [7, 11) is 0. The van der Waals surface area contributed by atoms with Crippen molar-refractivity contribution in [3.05, 3.63) is 95.1 Å².